The number of pyridine rings is 1. The second-order valence-corrected chi connectivity index (χ2v) is 4.38. The van der Waals surface area contributed by atoms with E-state index in [2.05, 4.69) is 4.98 Å². The molecule has 2 nitrogen and oxygen atoms in total. The molecule has 72 valence electrons. The number of aromatic nitrogens is 1. The largest absolute Gasteiger partial charge is 0.396 e. The third kappa shape index (κ3) is 3.33. The fourth-order valence-electron chi connectivity index (χ4n) is 1.12. The highest BCUT2D eigenvalue weighted by Crippen LogP contribution is 2.20. The van der Waals surface area contributed by atoms with Gasteiger partial charge in [0.25, 0.3) is 0 Å². The Hall–Kier alpha value is -0.600. The van der Waals surface area contributed by atoms with Crippen molar-refractivity contribution in [3.8, 4) is 0 Å². The van der Waals surface area contributed by atoms with E-state index in [1.165, 1.54) is 0 Å². The molecule has 0 aliphatic carbocycles. The average Bonchev–Trinajstić information content (AvgIpc) is 2.09. The van der Waals surface area contributed by atoms with Crippen LogP contribution in [0.3, 0.4) is 0 Å². The standard InChI is InChI=1S/C10H14ClNO/c1-10(2,7-13)5-8-3-4-9(11)12-6-8/h3-4,6,13H,5,7H2,1-2H3. The van der Waals surface area contributed by atoms with E-state index in [-0.39, 0.29) is 12.0 Å². The molecule has 0 amide bonds. The Morgan fingerprint density at radius 2 is 2.15 bits per heavy atom. The third-order valence-electron chi connectivity index (χ3n) is 1.90. The Morgan fingerprint density at radius 3 is 2.62 bits per heavy atom. The second kappa shape index (κ2) is 4.07. The summed E-state index contributed by atoms with van der Waals surface area (Å²) < 4.78 is 0. The first-order valence-corrected chi connectivity index (χ1v) is 4.62. The Labute approximate surface area is 83.6 Å². The van der Waals surface area contributed by atoms with Gasteiger partial charge >= 0.3 is 0 Å². The number of hydrogen-bond acceptors (Lipinski definition) is 2. The maximum absolute atomic E-state index is 9.06. The predicted octanol–water partition coefficient (Wildman–Crippen LogP) is 2.30. The fourth-order valence-corrected chi connectivity index (χ4v) is 1.23. The molecule has 1 aromatic rings. The van der Waals surface area contributed by atoms with Crippen molar-refractivity contribution in [3.05, 3.63) is 29.0 Å². The molecule has 0 aliphatic rings. The van der Waals surface area contributed by atoms with Crippen LogP contribution in [0.1, 0.15) is 19.4 Å². The van der Waals surface area contributed by atoms with Crippen LogP contribution >= 0.6 is 11.6 Å². The van der Waals surface area contributed by atoms with Gasteiger partial charge in [0, 0.05) is 12.8 Å². The first-order chi connectivity index (χ1) is 6.03. The zero-order valence-corrected chi connectivity index (χ0v) is 8.67. The maximum atomic E-state index is 9.06. The van der Waals surface area contributed by atoms with E-state index >= 15 is 0 Å². The monoisotopic (exact) mass is 199 g/mol. The molecule has 0 unspecified atom stereocenters. The minimum absolute atomic E-state index is 0.0878. The van der Waals surface area contributed by atoms with E-state index in [0.717, 1.165) is 12.0 Å². The molecule has 0 radical (unpaired) electrons. The number of rotatable bonds is 3. The summed E-state index contributed by atoms with van der Waals surface area (Å²) in [7, 11) is 0. The predicted molar refractivity (Wildman–Crippen MR) is 53.8 cm³/mol. The van der Waals surface area contributed by atoms with Gasteiger partial charge in [-0.1, -0.05) is 31.5 Å². The van der Waals surface area contributed by atoms with E-state index < -0.39 is 0 Å². The number of aliphatic hydroxyl groups is 1. The molecule has 3 heteroatoms. The van der Waals surface area contributed by atoms with Crippen LogP contribution in [-0.2, 0) is 6.42 Å². The lowest BCUT2D eigenvalue weighted by Gasteiger charge is -2.21. The van der Waals surface area contributed by atoms with Gasteiger partial charge in [-0.05, 0) is 23.5 Å². The van der Waals surface area contributed by atoms with Crippen LogP contribution in [0.5, 0.6) is 0 Å². The van der Waals surface area contributed by atoms with Crippen molar-refractivity contribution in [2.75, 3.05) is 6.61 Å². The number of nitrogens with zero attached hydrogens (tertiary/aromatic N) is 1. The zero-order chi connectivity index (χ0) is 9.90. The van der Waals surface area contributed by atoms with Gasteiger partial charge in [-0.3, -0.25) is 0 Å². The molecule has 0 atom stereocenters. The highest BCUT2D eigenvalue weighted by atomic mass is 35.5. The average molecular weight is 200 g/mol. The molecular formula is C10H14ClNO. The zero-order valence-electron chi connectivity index (χ0n) is 7.92. The van der Waals surface area contributed by atoms with Crippen molar-refractivity contribution < 1.29 is 5.11 Å². The quantitative estimate of drug-likeness (QED) is 0.758. The highest BCUT2D eigenvalue weighted by molar-refractivity contribution is 6.29. The van der Waals surface area contributed by atoms with Gasteiger partial charge in [-0.2, -0.15) is 0 Å². The highest BCUT2D eigenvalue weighted by Gasteiger charge is 2.16. The van der Waals surface area contributed by atoms with Crippen molar-refractivity contribution in [1.29, 1.82) is 0 Å². The van der Waals surface area contributed by atoms with Crippen LogP contribution in [0.4, 0.5) is 0 Å². The van der Waals surface area contributed by atoms with E-state index in [1.54, 1.807) is 12.3 Å². The molecule has 1 aromatic heterocycles. The smallest absolute Gasteiger partial charge is 0.129 e. The molecule has 0 saturated heterocycles. The lowest BCUT2D eigenvalue weighted by Crippen LogP contribution is -2.19. The van der Waals surface area contributed by atoms with E-state index in [1.807, 2.05) is 19.9 Å². The van der Waals surface area contributed by atoms with Gasteiger partial charge in [0.2, 0.25) is 0 Å². The Morgan fingerprint density at radius 1 is 1.46 bits per heavy atom. The summed E-state index contributed by atoms with van der Waals surface area (Å²) >= 11 is 5.66. The molecular weight excluding hydrogens is 186 g/mol. The number of halogens is 1. The molecule has 0 bridgehead atoms. The van der Waals surface area contributed by atoms with Gasteiger partial charge in [-0.15, -0.1) is 0 Å². The second-order valence-electron chi connectivity index (χ2n) is 3.99. The summed E-state index contributed by atoms with van der Waals surface area (Å²) in [5, 5.41) is 9.57. The normalized spacial score (nSPS) is 11.7. The van der Waals surface area contributed by atoms with Gasteiger partial charge in [-0.25, -0.2) is 4.98 Å². The Balaban J connectivity index is 2.69. The van der Waals surface area contributed by atoms with Gasteiger partial charge in [0.1, 0.15) is 5.15 Å². The topological polar surface area (TPSA) is 33.1 Å². The summed E-state index contributed by atoms with van der Waals surface area (Å²) in [4.78, 5) is 3.98. The van der Waals surface area contributed by atoms with Gasteiger partial charge in [0.05, 0.1) is 0 Å². The van der Waals surface area contributed by atoms with Crippen molar-refractivity contribution in [3.63, 3.8) is 0 Å². The molecule has 0 spiro atoms. The Bertz CT molecular complexity index is 269. The van der Waals surface area contributed by atoms with Crippen LogP contribution in [0.15, 0.2) is 18.3 Å². The summed E-state index contributed by atoms with van der Waals surface area (Å²) in [6.45, 7) is 4.21. The van der Waals surface area contributed by atoms with Crippen LogP contribution < -0.4 is 0 Å². The van der Waals surface area contributed by atoms with Crippen LogP contribution in [-0.4, -0.2) is 16.7 Å². The van der Waals surface area contributed by atoms with Gasteiger partial charge < -0.3 is 5.11 Å². The summed E-state index contributed by atoms with van der Waals surface area (Å²) in [5.74, 6) is 0. The van der Waals surface area contributed by atoms with E-state index in [0.29, 0.717) is 5.15 Å². The minimum atomic E-state index is -0.0878. The lowest BCUT2D eigenvalue weighted by molar-refractivity contribution is 0.159. The first-order valence-electron chi connectivity index (χ1n) is 4.25. The first kappa shape index (κ1) is 10.5. The maximum Gasteiger partial charge on any atom is 0.129 e. The van der Waals surface area contributed by atoms with Crippen molar-refractivity contribution in [2.45, 2.75) is 20.3 Å². The van der Waals surface area contributed by atoms with Gasteiger partial charge in [0.15, 0.2) is 0 Å². The third-order valence-corrected chi connectivity index (χ3v) is 2.12. The molecule has 1 N–H and O–H groups in total. The summed E-state index contributed by atoms with van der Waals surface area (Å²) in [5.41, 5.74) is 1.01. The van der Waals surface area contributed by atoms with Crippen molar-refractivity contribution >= 4 is 11.6 Å². The molecule has 0 aliphatic heterocycles. The molecule has 1 heterocycles. The SMILES string of the molecule is CC(C)(CO)Cc1ccc(Cl)nc1. The van der Waals surface area contributed by atoms with Crippen LogP contribution in [0.25, 0.3) is 0 Å². The van der Waals surface area contributed by atoms with Crippen molar-refractivity contribution in [2.24, 2.45) is 5.41 Å². The lowest BCUT2D eigenvalue weighted by atomic mass is 9.87. The molecule has 13 heavy (non-hydrogen) atoms. The minimum Gasteiger partial charge on any atom is -0.396 e. The molecule has 0 saturated carbocycles. The fraction of sp³-hybridized carbons (Fsp3) is 0.500. The molecule has 0 fully saturated rings. The van der Waals surface area contributed by atoms with E-state index in [9.17, 15) is 0 Å². The van der Waals surface area contributed by atoms with Crippen LogP contribution in [0.2, 0.25) is 5.15 Å². The van der Waals surface area contributed by atoms with E-state index in [4.69, 9.17) is 16.7 Å². The number of aliphatic hydroxyl groups excluding tert-OH is 1. The molecule has 1 rings (SSSR count). The summed E-state index contributed by atoms with van der Waals surface area (Å²) in [6, 6.07) is 3.71. The molecule has 0 aromatic carbocycles. The van der Waals surface area contributed by atoms with Crippen LogP contribution in [0, 0.1) is 5.41 Å². The Kier molecular flexibility index (Phi) is 3.28. The summed E-state index contributed by atoms with van der Waals surface area (Å²) in [6.07, 6.45) is 2.56. The van der Waals surface area contributed by atoms with Crippen molar-refractivity contribution in [1.82, 2.24) is 4.98 Å². The number of hydrogen-bond donors (Lipinski definition) is 1.